The van der Waals surface area contributed by atoms with E-state index in [9.17, 15) is 20.0 Å². The number of aliphatic hydroxyl groups excluding tert-OH is 1. The first-order valence-corrected chi connectivity index (χ1v) is 7.15. The Bertz CT molecular complexity index is 496. The van der Waals surface area contributed by atoms with Crippen LogP contribution in [0.5, 0.6) is 0 Å². The number of hydrogen-bond acceptors (Lipinski definition) is 4. The molecule has 2 N–H and O–H groups in total. The van der Waals surface area contributed by atoms with E-state index in [0.717, 1.165) is 6.42 Å². The number of aromatic nitrogens is 1. The molecule has 0 aliphatic heterocycles. The summed E-state index contributed by atoms with van der Waals surface area (Å²) in [5, 5.41) is 22.9. The summed E-state index contributed by atoms with van der Waals surface area (Å²) >= 11 is 0. The molecule has 0 radical (unpaired) electrons. The molecule has 1 rings (SSSR count). The van der Waals surface area contributed by atoms with Crippen molar-refractivity contribution in [1.29, 1.82) is 0 Å². The minimum Gasteiger partial charge on any atom is -0.394 e. The van der Waals surface area contributed by atoms with Crippen LogP contribution < -0.4 is 5.32 Å². The second-order valence-electron chi connectivity index (χ2n) is 5.52. The number of nitrogens with zero attached hydrogens (tertiary/aromatic N) is 2. The summed E-state index contributed by atoms with van der Waals surface area (Å²) in [4.78, 5) is 22.6. The van der Waals surface area contributed by atoms with Crippen LogP contribution >= 0.6 is 0 Å². The molecule has 118 valence electrons. The van der Waals surface area contributed by atoms with E-state index in [-0.39, 0.29) is 24.0 Å². The van der Waals surface area contributed by atoms with Crippen molar-refractivity contribution in [3.05, 3.63) is 28.1 Å². The quantitative estimate of drug-likeness (QED) is 0.566. The highest BCUT2D eigenvalue weighted by Crippen LogP contribution is 2.17. The van der Waals surface area contributed by atoms with Gasteiger partial charge in [-0.25, -0.2) is 0 Å². The number of nitrogens with one attached hydrogen (secondary N) is 1. The van der Waals surface area contributed by atoms with Gasteiger partial charge >= 0.3 is 0 Å². The maximum absolute atomic E-state index is 12.3. The van der Waals surface area contributed by atoms with Gasteiger partial charge in [0.15, 0.2) is 0 Å². The fourth-order valence-electron chi connectivity index (χ4n) is 2.22. The van der Waals surface area contributed by atoms with Crippen LogP contribution in [0.15, 0.2) is 12.3 Å². The Balaban J connectivity index is 2.91. The molecule has 0 bridgehead atoms. The van der Waals surface area contributed by atoms with E-state index in [0.29, 0.717) is 18.9 Å². The highest BCUT2D eigenvalue weighted by Gasteiger charge is 2.21. The van der Waals surface area contributed by atoms with Crippen LogP contribution in [0.2, 0.25) is 0 Å². The number of aryl methyl sites for hydroxylation is 1. The van der Waals surface area contributed by atoms with Gasteiger partial charge in [0.2, 0.25) is 0 Å². The normalized spacial score (nSPS) is 12.4. The van der Waals surface area contributed by atoms with Crippen LogP contribution in [0.4, 0.5) is 5.69 Å². The molecule has 7 heteroatoms. The van der Waals surface area contributed by atoms with Crippen LogP contribution in [0.3, 0.4) is 0 Å². The maximum Gasteiger partial charge on any atom is 0.287 e. The van der Waals surface area contributed by atoms with Gasteiger partial charge in [0.25, 0.3) is 11.6 Å². The van der Waals surface area contributed by atoms with Crippen LogP contribution in [0.25, 0.3) is 0 Å². The Morgan fingerprint density at radius 1 is 1.52 bits per heavy atom. The summed E-state index contributed by atoms with van der Waals surface area (Å²) < 4.78 is 1.58. The number of carbonyl (C=O) groups is 1. The molecule has 1 heterocycles. The van der Waals surface area contributed by atoms with Crippen molar-refractivity contribution < 1.29 is 14.8 Å². The third-order valence-electron chi connectivity index (χ3n) is 3.10. The number of nitro groups is 1. The molecule has 21 heavy (non-hydrogen) atoms. The van der Waals surface area contributed by atoms with E-state index in [4.69, 9.17) is 0 Å². The molecule has 0 saturated heterocycles. The predicted molar refractivity (Wildman–Crippen MR) is 79.2 cm³/mol. The lowest BCUT2D eigenvalue weighted by atomic mass is 10.0. The number of amides is 1. The summed E-state index contributed by atoms with van der Waals surface area (Å²) in [5.74, 6) is -0.0598. The van der Waals surface area contributed by atoms with E-state index in [1.807, 2.05) is 20.8 Å². The monoisotopic (exact) mass is 297 g/mol. The highest BCUT2D eigenvalue weighted by molar-refractivity contribution is 5.93. The molecule has 0 spiro atoms. The van der Waals surface area contributed by atoms with Gasteiger partial charge in [-0.2, -0.15) is 0 Å². The van der Waals surface area contributed by atoms with E-state index in [2.05, 4.69) is 5.32 Å². The zero-order valence-electron chi connectivity index (χ0n) is 12.7. The summed E-state index contributed by atoms with van der Waals surface area (Å²) in [7, 11) is 0. The second-order valence-corrected chi connectivity index (χ2v) is 5.52. The van der Waals surface area contributed by atoms with Crippen molar-refractivity contribution in [2.45, 2.75) is 46.2 Å². The molecule has 0 fully saturated rings. The lowest BCUT2D eigenvalue weighted by Crippen LogP contribution is -2.39. The smallest absolute Gasteiger partial charge is 0.287 e. The zero-order valence-corrected chi connectivity index (χ0v) is 12.7. The molecule has 1 aromatic rings. The zero-order chi connectivity index (χ0) is 16.0. The molecule has 1 aromatic heterocycles. The molecule has 0 aromatic carbocycles. The molecule has 0 aliphatic rings. The van der Waals surface area contributed by atoms with Gasteiger partial charge in [-0.1, -0.05) is 20.8 Å². The van der Waals surface area contributed by atoms with Crippen molar-refractivity contribution in [2.24, 2.45) is 5.92 Å². The van der Waals surface area contributed by atoms with E-state index >= 15 is 0 Å². The van der Waals surface area contributed by atoms with E-state index < -0.39 is 10.8 Å². The number of rotatable bonds is 8. The molecule has 0 saturated carbocycles. The first-order valence-electron chi connectivity index (χ1n) is 7.15. The largest absolute Gasteiger partial charge is 0.394 e. The number of hydrogen-bond donors (Lipinski definition) is 2. The number of aliphatic hydroxyl groups is 1. The standard InChI is InChI=1S/C14H23N3O4/c1-4-5-16-8-12(17(20)21)7-13(16)14(19)15-11(9-18)6-10(2)3/h7-8,10-11,18H,4-6,9H2,1-3H3,(H,15,19). The fourth-order valence-corrected chi connectivity index (χ4v) is 2.22. The minimum atomic E-state index is -0.513. The van der Waals surface area contributed by atoms with Gasteiger partial charge in [0, 0.05) is 12.6 Å². The predicted octanol–water partition coefficient (Wildman–Crippen LogP) is 1.94. The molecule has 1 atom stereocenters. The second kappa shape index (κ2) is 7.78. The maximum atomic E-state index is 12.3. The van der Waals surface area contributed by atoms with Crippen LogP contribution in [-0.2, 0) is 6.54 Å². The minimum absolute atomic E-state index is 0.0991. The average molecular weight is 297 g/mol. The van der Waals surface area contributed by atoms with Gasteiger partial charge < -0.3 is 15.0 Å². The van der Waals surface area contributed by atoms with E-state index in [1.54, 1.807) is 4.57 Å². The molecule has 1 unspecified atom stereocenters. The van der Waals surface area contributed by atoms with Gasteiger partial charge in [-0.05, 0) is 18.8 Å². The SMILES string of the molecule is CCCn1cc([N+](=O)[O-])cc1C(=O)NC(CO)CC(C)C. The Kier molecular flexibility index (Phi) is 6.36. The topological polar surface area (TPSA) is 97.4 Å². The van der Waals surface area contributed by atoms with E-state index in [1.165, 1.54) is 12.3 Å². The molecule has 0 aliphatic carbocycles. The summed E-state index contributed by atoms with van der Waals surface area (Å²) in [5.41, 5.74) is 0.156. The van der Waals surface area contributed by atoms with Gasteiger partial charge in [0.1, 0.15) is 5.69 Å². The first kappa shape index (κ1) is 17.2. The fraction of sp³-hybridized carbons (Fsp3) is 0.643. The van der Waals surface area contributed by atoms with Crippen molar-refractivity contribution in [2.75, 3.05) is 6.61 Å². The third kappa shape index (κ3) is 4.86. The van der Waals surface area contributed by atoms with Gasteiger partial charge in [0.05, 0.1) is 23.8 Å². The van der Waals surface area contributed by atoms with Crippen molar-refractivity contribution >= 4 is 11.6 Å². The lowest BCUT2D eigenvalue weighted by Gasteiger charge is -2.18. The number of carbonyl (C=O) groups excluding carboxylic acids is 1. The van der Waals surface area contributed by atoms with Crippen LogP contribution in [-0.4, -0.2) is 33.2 Å². The van der Waals surface area contributed by atoms with Crippen LogP contribution in [0, 0.1) is 16.0 Å². The molecule has 7 nitrogen and oxygen atoms in total. The highest BCUT2D eigenvalue weighted by atomic mass is 16.6. The van der Waals surface area contributed by atoms with Gasteiger partial charge in [-0.3, -0.25) is 14.9 Å². The molecular weight excluding hydrogens is 274 g/mol. The van der Waals surface area contributed by atoms with Crippen LogP contribution in [0.1, 0.15) is 44.1 Å². The summed E-state index contributed by atoms with van der Waals surface area (Å²) in [6, 6.07) is 0.927. The first-order chi connectivity index (χ1) is 9.88. The average Bonchev–Trinajstić information content (AvgIpc) is 2.82. The van der Waals surface area contributed by atoms with Gasteiger partial charge in [-0.15, -0.1) is 0 Å². The Morgan fingerprint density at radius 2 is 2.19 bits per heavy atom. The lowest BCUT2D eigenvalue weighted by molar-refractivity contribution is -0.384. The van der Waals surface area contributed by atoms with Crippen molar-refractivity contribution in [3.8, 4) is 0 Å². The van der Waals surface area contributed by atoms with Crippen molar-refractivity contribution in [3.63, 3.8) is 0 Å². The Morgan fingerprint density at radius 3 is 2.67 bits per heavy atom. The third-order valence-corrected chi connectivity index (χ3v) is 3.10. The summed E-state index contributed by atoms with van der Waals surface area (Å²) in [6.07, 6.45) is 2.79. The Labute approximate surface area is 124 Å². The summed E-state index contributed by atoms with van der Waals surface area (Å²) in [6.45, 7) is 6.31. The van der Waals surface area contributed by atoms with Crippen molar-refractivity contribution in [1.82, 2.24) is 9.88 Å². The molecular formula is C14H23N3O4. The Hall–Kier alpha value is -1.89. The molecule has 1 amide bonds.